The lowest BCUT2D eigenvalue weighted by atomic mass is 10.1. The van der Waals surface area contributed by atoms with E-state index in [2.05, 4.69) is 24.3 Å². The number of ether oxygens (including phenoxy) is 1. The van der Waals surface area contributed by atoms with Crippen molar-refractivity contribution < 1.29 is 9.53 Å². The summed E-state index contributed by atoms with van der Waals surface area (Å²) in [6, 6.07) is 7.61. The van der Waals surface area contributed by atoms with Gasteiger partial charge in [-0.3, -0.25) is 4.79 Å². The number of aromatic nitrogens is 2. The van der Waals surface area contributed by atoms with E-state index in [-0.39, 0.29) is 5.91 Å². The molecule has 2 aromatic rings. The first-order valence-electron chi connectivity index (χ1n) is 7.43. The molecular weight excluding hydrogens is 278 g/mol. The van der Waals surface area contributed by atoms with Crippen molar-refractivity contribution in [3.8, 4) is 11.4 Å². The summed E-state index contributed by atoms with van der Waals surface area (Å²) in [7, 11) is 1.63. The summed E-state index contributed by atoms with van der Waals surface area (Å²) >= 11 is 0. The molecule has 1 aromatic carbocycles. The smallest absolute Gasteiger partial charge is 0.255 e. The predicted molar refractivity (Wildman–Crippen MR) is 86.8 cm³/mol. The summed E-state index contributed by atoms with van der Waals surface area (Å²) < 4.78 is 6.95. The zero-order valence-electron chi connectivity index (χ0n) is 13.8. The topological polar surface area (TPSA) is 56.2 Å². The van der Waals surface area contributed by atoms with Gasteiger partial charge in [-0.1, -0.05) is 13.8 Å². The number of carbonyl (C=O) groups is 1. The molecule has 0 aliphatic carbocycles. The summed E-state index contributed by atoms with van der Waals surface area (Å²) in [6.07, 6.45) is 0. The average Bonchev–Trinajstić information content (AvgIpc) is 2.80. The summed E-state index contributed by atoms with van der Waals surface area (Å²) in [6.45, 7) is 8.57. The van der Waals surface area contributed by atoms with Gasteiger partial charge in [0.2, 0.25) is 0 Å². The molecule has 0 saturated carbocycles. The SMILES string of the molecule is COc1ccc(-n2nc(C)c(C(=O)NCC(C)C)c2C)cc1. The van der Waals surface area contributed by atoms with Crippen molar-refractivity contribution in [1.29, 1.82) is 0 Å². The van der Waals surface area contributed by atoms with Crippen molar-refractivity contribution >= 4 is 5.91 Å². The first kappa shape index (κ1) is 16.1. The highest BCUT2D eigenvalue weighted by Crippen LogP contribution is 2.20. The van der Waals surface area contributed by atoms with Crippen LogP contribution in [0.25, 0.3) is 5.69 Å². The van der Waals surface area contributed by atoms with Gasteiger partial charge in [0.25, 0.3) is 5.91 Å². The Bertz CT molecular complexity index is 657. The Hall–Kier alpha value is -2.30. The minimum absolute atomic E-state index is 0.0662. The molecule has 1 N–H and O–H groups in total. The van der Waals surface area contributed by atoms with E-state index in [1.165, 1.54) is 0 Å². The first-order valence-corrected chi connectivity index (χ1v) is 7.43. The lowest BCUT2D eigenvalue weighted by molar-refractivity contribution is 0.0948. The Morgan fingerprint density at radius 2 is 1.91 bits per heavy atom. The van der Waals surface area contributed by atoms with Gasteiger partial charge < -0.3 is 10.1 Å². The molecule has 0 spiro atoms. The molecule has 0 unspecified atom stereocenters. The Kier molecular flexibility index (Phi) is 4.85. The van der Waals surface area contributed by atoms with Crippen molar-refractivity contribution in [2.45, 2.75) is 27.7 Å². The highest BCUT2D eigenvalue weighted by molar-refractivity contribution is 5.96. The maximum Gasteiger partial charge on any atom is 0.255 e. The molecule has 5 nitrogen and oxygen atoms in total. The van der Waals surface area contributed by atoms with Crippen molar-refractivity contribution in [1.82, 2.24) is 15.1 Å². The molecule has 0 atom stereocenters. The fraction of sp³-hybridized carbons (Fsp3) is 0.412. The van der Waals surface area contributed by atoms with E-state index in [4.69, 9.17) is 4.74 Å². The number of nitrogens with zero attached hydrogens (tertiary/aromatic N) is 2. The van der Waals surface area contributed by atoms with Crippen molar-refractivity contribution in [3.63, 3.8) is 0 Å². The van der Waals surface area contributed by atoms with E-state index in [1.807, 2.05) is 38.1 Å². The maximum absolute atomic E-state index is 12.4. The van der Waals surface area contributed by atoms with Gasteiger partial charge in [0.05, 0.1) is 29.7 Å². The van der Waals surface area contributed by atoms with Crippen LogP contribution in [0.5, 0.6) is 5.75 Å². The second kappa shape index (κ2) is 6.64. The van der Waals surface area contributed by atoms with Gasteiger partial charge in [-0.05, 0) is 44.0 Å². The van der Waals surface area contributed by atoms with Gasteiger partial charge in [-0.2, -0.15) is 5.10 Å². The number of methoxy groups -OCH3 is 1. The lowest BCUT2D eigenvalue weighted by Crippen LogP contribution is -2.28. The molecule has 0 radical (unpaired) electrons. The van der Waals surface area contributed by atoms with Crippen LogP contribution in [0.2, 0.25) is 0 Å². The van der Waals surface area contributed by atoms with Crippen LogP contribution in [0, 0.1) is 19.8 Å². The van der Waals surface area contributed by atoms with Crippen LogP contribution in [-0.2, 0) is 0 Å². The second-order valence-electron chi connectivity index (χ2n) is 5.76. The zero-order valence-corrected chi connectivity index (χ0v) is 13.8. The molecule has 0 aliphatic rings. The minimum atomic E-state index is -0.0662. The van der Waals surface area contributed by atoms with Gasteiger partial charge >= 0.3 is 0 Å². The standard InChI is InChI=1S/C17H23N3O2/c1-11(2)10-18-17(21)16-12(3)19-20(13(16)4)14-6-8-15(22-5)9-7-14/h6-9,11H,10H2,1-5H3,(H,18,21). The van der Waals surface area contributed by atoms with Gasteiger partial charge in [-0.25, -0.2) is 4.68 Å². The van der Waals surface area contributed by atoms with E-state index >= 15 is 0 Å². The monoisotopic (exact) mass is 301 g/mol. The van der Waals surface area contributed by atoms with Crippen LogP contribution in [0.4, 0.5) is 0 Å². The third kappa shape index (κ3) is 3.30. The summed E-state index contributed by atoms with van der Waals surface area (Å²) in [5.41, 5.74) is 3.12. The molecule has 0 fully saturated rings. The molecule has 2 rings (SSSR count). The Morgan fingerprint density at radius 1 is 1.27 bits per heavy atom. The largest absolute Gasteiger partial charge is 0.497 e. The van der Waals surface area contributed by atoms with Crippen LogP contribution in [0.3, 0.4) is 0 Å². The fourth-order valence-corrected chi connectivity index (χ4v) is 2.33. The van der Waals surface area contributed by atoms with Crippen LogP contribution in [-0.4, -0.2) is 29.3 Å². The van der Waals surface area contributed by atoms with Crippen molar-refractivity contribution in [2.75, 3.05) is 13.7 Å². The van der Waals surface area contributed by atoms with E-state index in [0.717, 1.165) is 22.8 Å². The van der Waals surface area contributed by atoms with Crippen molar-refractivity contribution in [3.05, 3.63) is 41.2 Å². The number of nitrogens with one attached hydrogen (secondary N) is 1. The minimum Gasteiger partial charge on any atom is -0.497 e. The number of rotatable bonds is 5. The van der Waals surface area contributed by atoms with E-state index in [9.17, 15) is 4.79 Å². The van der Waals surface area contributed by atoms with E-state index < -0.39 is 0 Å². The molecule has 0 aliphatic heterocycles. The van der Waals surface area contributed by atoms with Crippen LogP contribution in [0.15, 0.2) is 24.3 Å². The third-order valence-corrected chi connectivity index (χ3v) is 3.51. The highest BCUT2D eigenvalue weighted by atomic mass is 16.5. The third-order valence-electron chi connectivity index (χ3n) is 3.51. The number of benzene rings is 1. The van der Waals surface area contributed by atoms with Gasteiger partial charge in [0.15, 0.2) is 0 Å². The maximum atomic E-state index is 12.4. The number of carbonyl (C=O) groups excluding carboxylic acids is 1. The predicted octanol–water partition coefficient (Wildman–Crippen LogP) is 2.88. The molecule has 1 heterocycles. The van der Waals surface area contributed by atoms with Gasteiger partial charge in [0.1, 0.15) is 5.75 Å². The number of amides is 1. The Balaban J connectivity index is 2.31. The summed E-state index contributed by atoms with van der Waals surface area (Å²) in [4.78, 5) is 12.4. The summed E-state index contributed by atoms with van der Waals surface area (Å²) in [5, 5.41) is 7.45. The quantitative estimate of drug-likeness (QED) is 0.924. The van der Waals surface area contributed by atoms with E-state index in [1.54, 1.807) is 11.8 Å². The average molecular weight is 301 g/mol. The number of aryl methyl sites for hydroxylation is 1. The molecule has 5 heteroatoms. The fourth-order valence-electron chi connectivity index (χ4n) is 2.33. The first-order chi connectivity index (χ1) is 10.4. The van der Waals surface area contributed by atoms with Gasteiger partial charge in [-0.15, -0.1) is 0 Å². The molecule has 0 bridgehead atoms. The molecular formula is C17H23N3O2. The van der Waals surface area contributed by atoms with Gasteiger partial charge in [0, 0.05) is 6.54 Å². The zero-order chi connectivity index (χ0) is 16.3. The van der Waals surface area contributed by atoms with Crippen molar-refractivity contribution in [2.24, 2.45) is 5.92 Å². The molecule has 1 amide bonds. The molecule has 0 saturated heterocycles. The van der Waals surface area contributed by atoms with Crippen LogP contribution < -0.4 is 10.1 Å². The van der Waals surface area contributed by atoms with E-state index in [0.29, 0.717) is 18.0 Å². The van der Waals surface area contributed by atoms with Crippen LogP contribution in [0.1, 0.15) is 35.6 Å². The highest BCUT2D eigenvalue weighted by Gasteiger charge is 2.19. The Morgan fingerprint density at radius 3 is 2.45 bits per heavy atom. The lowest BCUT2D eigenvalue weighted by Gasteiger charge is -2.09. The van der Waals surface area contributed by atoms with Crippen LogP contribution >= 0.6 is 0 Å². The number of hydrogen-bond donors (Lipinski definition) is 1. The molecule has 22 heavy (non-hydrogen) atoms. The molecule has 118 valence electrons. The molecule has 1 aromatic heterocycles. The Labute approximate surface area is 131 Å². The summed E-state index contributed by atoms with van der Waals surface area (Å²) in [5.74, 6) is 1.14. The second-order valence-corrected chi connectivity index (χ2v) is 5.76. The number of hydrogen-bond acceptors (Lipinski definition) is 3. The normalized spacial score (nSPS) is 10.8.